The van der Waals surface area contributed by atoms with Gasteiger partial charge in [0.25, 0.3) is 0 Å². The number of carboxylic acids is 1. The number of nitrogens with one attached hydrogen (secondary N) is 2. The van der Waals surface area contributed by atoms with Crippen LogP contribution in [0.15, 0.2) is 41.5 Å². The van der Waals surface area contributed by atoms with Gasteiger partial charge in [-0.25, -0.2) is 14.6 Å². The van der Waals surface area contributed by atoms with Gasteiger partial charge in [-0.1, -0.05) is 52.2 Å². The second-order valence-corrected chi connectivity index (χ2v) is 11.5. The highest BCUT2D eigenvalue weighted by Gasteiger charge is 2.30. The molecule has 0 bridgehead atoms. The molecule has 2 aromatic carbocycles. The van der Waals surface area contributed by atoms with Crippen LogP contribution >= 0.6 is 0 Å². The summed E-state index contributed by atoms with van der Waals surface area (Å²) in [6.45, 7) is 7.05. The molecule has 9 nitrogen and oxygen atoms in total. The third-order valence-electron chi connectivity index (χ3n) is 7.16. The first-order chi connectivity index (χ1) is 18.4. The van der Waals surface area contributed by atoms with Gasteiger partial charge in [-0.15, -0.1) is 0 Å². The fraction of sp³-hybridized carbons (Fsp3) is 0.433. The van der Waals surface area contributed by atoms with Crippen molar-refractivity contribution in [3.8, 4) is 0 Å². The highest BCUT2D eigenvalue weighted by atomic mass is 16.4. The largest absolute Gasteiger partial charge is 0.478 e. The summed E-state index contributed by atoms with van der Waals surface area (Å²) in [7, 11) is 0. The van der Waals surface area contributed by atoms with Gasteiger partial charge in [-0.05, 0) is 55.2 Å². The van der Waals surface area contributed by atoms with E-state index in [1.165, 1.54) is 12.1 Å². The van der Waals surface area contributed by atoms with Crippen LogP contribution in [-0.4, -0.2) is 46.1 Å². The Morgan fingerprint density at radius 2 is 1.79 bits per heavy atom. The third-order valence-corrected chi connectivity index (χ3v) is 7.16. The molecule has 2 aromatic rings. The maximum atomic E-state index is 13.3. The number of carbonyl (C=O) groups is 4. The molecule has 39 heavy (non-hydrogen) atoms. The molecule has 206 valence electrons. The summed E-state index contributed by atoms with van der Waals surface area (Å²) in [6.07, 6.45) is 5.43. The molecular weight excluding hydrogens is 496 g/mol. The summed E-state index contributed by atoms with van der Waals surface area (Å²) < 4.78 is 0. The molecule has 0 saturated heterocycles. The van der Waals surface area contributed by atoms with E-state index in [9.17, 15) is 24.3 Å². The van der Waals surface area contributed by atoms with Crippen LogP contribution in [0, 0.1) is 18.3 Å². The zero-order valence-electron chi connectivity index (χ0n) is 23.0. The first kappa shape index (κ1) is 28.0. The average molecular weight is 533 g/mol. The van der Waals surface area contributed by atoms with E-state index in [-0.39, 0.29) is 30.2 Å². The van der Waals surface area contributed by atoms with Crippen molar-refractivity contribution in [1.29, 1.82) is 0 Å². The van der Waals surface area contributed by atoms with Gasteiger partial charge in [0.15, 0.2) is 0 Å². The molecule has 9 heteroatoms. The van der Waals surface area contributed by atoms with Crippen LogP contribution < -0.4 is 10.6 Å². The molecule has 1 aliphatic carbocycles. The van der Waals surface area contributed by atoms with Crippen molar-refractivity contribution in [1.82, 2.24) is 5.01 Å². The number of carbonyl (C=O) groups excluding carboxylic acids is 3. The van der Waals surface area contributed by atoms with Crippen molar-refractivity contribution >= 4 is 40.8 Å². The number of benzene rings is 2. The van der Waals surface area contributed by atoms with Crippen LogP contribution in [0.4, 0.5) is 16.2 Å². The molecule has 1 aliphatic heterocycles. The van der Waals surface area contributed by atoms with Crippen LogP contribution in [0.1, 0.15) is 79.9 Å². The number of hydrogen-bond acceptors (Lipinski definition) is 5. The van der Waals surface area contributed by atoms with Gasteiger partial charge in [0.2, 0.25) is 5.91 Å². The molecule has 0 unspecified atom stereocenters. The molecule has 0 spiro atoms. The summed E-state index contributed by atoms with van der Waals surface area (Å²) in [5.41, 5.74) is 3.55. The number of hydrogen-bond donors (Lipinski definition) is 3. The molecule has 3 N–H and O–H groups in total. The number of Topliss-reactive ketones (excluding diaryl/α,β-unsaturated/α-hetero) is 1. The molecule has 1 heterocycles. The van der Waals surface area contributed by atoms with E-state index in [0.717, 1.165) is 54.0 Å². The Kier molecular flexibility index (Phi) is 8.18. The normalized spacial score (nSPS) is 16.1. The highest BCUT2D eigenvalue weighted by Crippen LogP contribution is 2.33. The molecule has 4 rings (SSSR count). The predicted molar refractivity (Wildman–Crippen MR) is 150 cm³/mol. The monoisotopic (exact) mass is 532 g/mol. The Morgan fingerprint density at radius 1 is 1.08 bits per heavy atom. The van der Waals surface area contributed by atoms with E-state index in [4.69, 9.17) is 5.10 Å². The summed E-state index contributed by atoms with van der Waals surface area (Å²) in [6, 6.07) is 9.67. The quantitative estimate of drug-likeness (QED) is 0.426. The van der Waals surface area contributed by atoms with Crippen LogP contribution in [0.3, 0.4) is 0 Å². The van der Waals surface area contributed by atoms with Gasteiger partial charge in [0.05, 0.1) is 17.0 Å². The van der Waals surface area contributed by atoms with E-state index >= 15 is 0 Å². The number of amides is 3. The van der Waals surface area contributed by atoms with Crippen molar-refractivity contribution in [3.63, 3.8) is 0 Å². The number of anilines is 2. The molecule has 0 atom stereocenters. The van der Waals surface area contributed by atoms with Gasteiger partial charge in [-0.3, -0.25) is 9.59 Å². The van der Waals surface area contributed by atoms with Crippen LogP contribution in [0.5, 0.6) is 0 Å². The maximum absolute atomic E-state index is 13.3. The minimum Gasteiger partial charge on any atom is -0.478 e. The molecule has 0 radical (unpaired) electrons. The van der Waals surface area contributed by atoms with Crippen LogP contribution in [-0.2, 0) is 16.0 Å². The van der Waals surface area contributed by atoms with E-state index in [1.807, 2.05) is 39.0 Å². The van der Waals surface area contributed by atoms with Crippen LogP contribution in [0.2, 0.25) is 0 Å². The van der Waals surface area contributed by atoms with Crippen LogP contribution in [0.25, 0.3) is 0 Å². The summed E-state index contributed by atoms with van der Waals surface area (Å²) in [5, 5.41) is 20.8. The SMILES string of the molecule is Cc1cc(NC(=O)CN2N=C(C3CCCCC3)c3ccc(CC(=O)C(C)(C)C)cc3NC2=O)cc(C(=O)O)c1. The summed E-state index contributed by atoms with van der Waals surface area (Å²) in [5.74, 6) is -1.35. The topological polar surface area (TPSA) is 128 Å². The van der Waals surface area contributed by atoms with E-state index in [0.29, 0.717) is 16.9 Å². The molecule has 3 amide bonds. The number of aryl methyl sites for hydroxylation is 1. The van der Waals surface area contributed by atoms with E-state index in [1.54, 1.807) is 13.0 Å². The van der Waals surface area contributed by atoms with Gasteiger partial charge >= 0.3 is 12.0 Å². The lowest BCUT2D eigenvalue weighted by molar-refractivity contribution is -0.125. The number of aromatic carboxylic acids is 1. The average Bonchev–Trinajstić information content (AvgIpc) is 2.99. The van der Waals surface area contributed by atoms with Crippen molar-refractivity contribution in [2.24, 2.45) is 16.4 Å². The zero-order valence-corrected chi connectivity index (χ0v) is 23.0. The number of urea groups is 1. The standard InChI is InChI=1S/C30H36N4O5/c1-18-12-21(28(37)38)16-22(13-18)31-26(36)17-34-29(39)32-24-14-19(15-25(35)30(2,3)4)10-11-23(24)27(33-34)20-8-6-5-7-9-20/h10-14,16,20H,5-9,15,17H2,1-4H3,(H,31,36)(H,32,39)(H,37,38). The lowest BCUT2D eigenvalue weighted by Crippen LogP contribution is -2.37. The number of carboxylic acid groups (broad SMARTS) is 1. The fourth-order valence-electron chi connectivity index (χ4n) is 4.99. The third kappa shape index (κ3) is 6.90. The second-order valence-electron chi connectivity index (χ2n) is 11.5. The van der Waals surface area contributed by atoms with Crippen molar-refractivity contribution in [2.75, 3.05) is 17.2 Å². The second kappa shape index (κ2) is 11.4. The number of nitrogens with zero attached hydrogens (tertiary/aromatic N) is 2. The first-order valence-electron chi connectivity index (χ1n) is 13.4. The first-order valence-corrected chi connectivity index (χ1v) is 13.4. The highest BCUT2D eigenvalue weighted by molar-refractivity contribution is 6.11. The maximum Gasteiger partial charge on any atom is 0.342 e. The minimum atomic E-state index is -1.09. The molecule has 1 fully saturated rings. The summed E-state index contributed by atoms with van der Waals surface area (Å²) >= 11 is 0. The van der Waals surface area contributed by atoms with Gasteiger partial charge in [0.1, 0.15) is 12.3 Å². The van der Waals surface area contributed by atoms with E-state index in [2.05, 4.69) is 10.6 Å². The molecule has 0 aromatic heterocycles. The Balaban J connectivity index is 1.61. The van der Waals surface area contributed by atoms with E-state index < -0.39 is 23.3 Å². The van der Waals surface area contributed by atoms with Crippen molar-refractivity contribution < 1.29 is 24.3 Å². The van der Waals surface area contributed by atoms with Gasteiger partial charge in [0, 0.05) is 29.0 Å². The predicted octanol–water partition coefficient (Wildman–Crippen LogP) is 5.62. The lowest BCUT2D eigenvalue weighted by Gasteiger charge is -2.24. The fourth-order valence-corrected chi connectivity index (χ4v) is 4.99. The van der Waals surface area contributed by atoms with Crippen molar-refractivity contribution in [2.45, 2.75) is 66.2 Å². The van der Waals surface area contributed by atoms with Crippen molar-refractivity contribution in [3.05, 3.63) is 58.7 Å². The number of rotatable bonds is 7. The number of ketones is 1. The van der Waals surface area contributed by atoms with Gasteiger partial charge < -0.3 is 15.7 Å². The molecule has 1 saturated carbocycles. The Bertz CT molecular complexity index is 1340. The molecular formula is C30H36N4O5. The Labute approximate surface area is 228 Å². The molecule has 2 aliphatic rings. The lowest BCUT2D eigenvalue weighted by atomic mass is 9.82. The minimum absolute atomic E-state index is 0.0617. The Hall–Kier alpha value is -4.01. The number of hydrazone groups is 1. The zero-order chi connectivity index (χ0) is 28.3. The Morgan fingerprint density at radius 3 is 2.46 bits per heavy atom. The summed E-state index contributed by atoms with van der Waals surface area (Å²) in [4.78, 5) is 50.3. The number of fused-ring (bicyclic) bond motifs is 1. The smallest absolute Gasteiger partial charge is 0.342 e. The van der Waals surface area contributed by atoms with Gasteiger partial charge in [-0.2, -0.15) is 5.10 Å².